The van der Waals surface area contributed by atoms with Gasteiger partial charge in [0.05, 0.1) is 24.0 Å². The third-order valence-electron chi connectivity index (χ3n) is 7.02. The summed E-state index contributed by atoms with van der Waals surface area (Å²) in [5.41, 5.74) is 14.5. The first-order chi connectivity index (χ1) is 18.5. The highest BCUT2D eigenvalue weighted by Gasteiger charge is 2.15. The summed E-state index contributed by atoms with van der Waals surface area (Å²) < 4.78 is 4.82. The Labute approximate surface area is 228 Å². The van der Waals surface area contributed by atoms with Gasteiger partial charge in [-0.3, -0.25) is 0 Å². The minimum atomic E-state index is -0.368. The van der Waals surface area contributed by atoms with Crippen molar-refractivity contribution < 1.29 is 9.53 Å². The minimum Gasteiger partial charge on any atom is -0.465 e. The molecule has 198 valence electrons. The van der Waals surface area contributed by atoms with Crippen LogP contribution in [-0.2, 0) is 4.74 Å². The van der Waals surface area contributed by atoms with Gasteiger partial charge in [0.25, 0.3) is 0 Å². The first kappa shape index (κ1) is 28.6. The Morgan fingerprint density at radius 3 is 2.34 bits per heavy atom. The maximum Gasteiger partial charge on any atom is 0.340 e. The zero-order chi connectivity index (χ0) is 27.3. The van der Waals surface area contributed by atoms with Gasteiger partial charge in [-0.25, -0.2) is 4.79 Å². The number of rotatable bonds is 7. The van der Waals surface area contributed by atoms with Crippen LogP contribution in [0.1, 0.15) is 90.9 Å². The van der Waals surface area contributed by atoms with Crippen LogP contribution < -0.4 is 10.9 Å². The number of terminal acetylenes is 1. The molecule has 0 bridgehead atoms. The lowest BCUT2D eigenvalue weighted by Gasteiger charge is -2.21. The summed E-state index contributed by atoms with van der Waals surface area (Å²) in [4.78, 5) is 11.8. The molecule has 1 fully saturated rings. The van der Waals surface area contributed by atoms with Crippen LogP contribution in [0.2, 0.25) is 0 Å². The molecule has 0 atom stereocenters. The molecule has 1 saturated carbocycles. The van der Waals surface area contributed by atoms with E-state index in [-0.39, 0.29) is 5.97 Å². The molecule has 0 radical (unpaired) electrons. The van der Waals surface area contributed by atoms with E-state index in [0.29, 0.717) is 11.3 Å². The van der Waals surface area contributed by atoms with Crippen LogP contribution in [-0.4, -0.2) is 13.1 Å². The van der Waals surface area contributed by atoms with E-state index in [1.54, 1.807) is 6.07 Å². The zero-order valence-corrected chi connectivity index (χ0v) is 23.1. The lowest BCUT2D eigenvalue weighted by atomic mass is 9.84. The molecule has 3 aromatic carbocycles. The van der Waals surface area contributed by atoms with E-state index < -0.39 is 0 Å². The van der Waals surface area contributed by atoms with Gasteiger partial charge in [-0.15, -0.1) is 6.42 Å². The lowest BCUT2D eigenvalue weighted by Crippen LogP contribution is -2.14. The molecule has 4 heteroatoms. The van der Waals surface area contributed by atoms with Crippen molar-refractivity contribution in [2.45, 2.75) is 65.2 Å². The quantitative estimate of drug-likeness (QED) is 0.190. The molecule has 1 aliphatic carbocycles. The highest BCUT2D eigenvalue weighted by molar-refractivity contribution is 5.95. The average Bonchev–Trinajstić information content (AvgIpc) is 2.97. The summed E-state index contributed by atoms with van der Waals surface area (Å²) in [6.45, 7) is 6.28. The Bertz CT molecular complexity index is 1260. The van der Waals surface area contributed by atoms with Gasteiger partial charge in [-0.2, -0.15) is 0 Å². The van der Waals surface area contributed by atoms with Crippen molar-refractivity contribution in [1.29, 1.82) is 0 Å². The summed E-state index contributed by atoms with van der Waals surface area (Å²) in [6.07, 6.45) is 15.4. The number of hydrazine groups is 1. The SMILES string of the molecule is C#Cc1ccc(C2CCCCC2)cc1.CC/C=C(/C)c1ccc(C)c(NNc2ccccc2C(=O)OC)c1. The molecule has 4 nitrogen and oxygen atoms in total. The summed E-state index contributed by atoms with van der Waals surface area (Å²) in [5.74, 6) is 3.08. The van der Waals surface area contributed by atoms with Gasteiger partial charge >= 0.3 is 5.97 Å². The van der Waals surface area contributed by atoms with Gasteiger partial charge in [0.2, 0.25) is 0 Å². The maximum absolute atomic E-state index is 11.8. The van der Waals surface area contributed by atoms with Crippen molar-refractivity contribution in [2.75, 3.05) is 18.0 Å². The predicted molar refractivity (Wildman–Crippen MR) is 160 cm³/mol. The van der Waals surface area contributed by atoms with Crippen molar-refractivity contribution in [3.05, 3.63) is 101 Å². The molecule has 38 heavy (non-hydrogen) atoms. The second kappa shape index (κ2) is 14.7. The van der Waals surface area contributed by atoms with Crippen LogP contribution in [0.5, 0.6) is 0 Å². The normalized spacial score (nSPS) is 13.5. The summed E-state index contributed by atoms with van der Waals surface area (Å²) in [6, 6.07) is 22.1. The Hall–Kier alpha value is -3.97. The van der Waals surface area contributed by atoms with Crippen LogP contribution in [0.25, 0.3) is 5.57 Å². The van der Waals surface area contributed by atoms with Gasteiger partial charge in [-0.05, 0) is 91.6 Å². The lowest BCUT2D eigenvalue weighted by molar-refractivity contribution is 0.0602. The Balaban J connectivity index is 0.000000241. The molecule has 0 unspecified atom stereocenters. The van der Waals surface area contributed by atoms with Crippen LogP contribution in [0.3, 0.4) is 0 Å². The molecule has 0 saturated heterocycles. The molecule has 0 aliphatic heterocycles. The Morgan fingerprint density at radius 1 is 1.00 bits per heavy atom. The van der Waals surface area contributed by atoms with Crippen molar-refractivity contribution in [3.63, 3.8) is 0 Å². The number of methoxy groups -OCH3 is 1. The predicted octanol–water partition coefficient (Wildman–Crippen LogP) is 8.75. The van der Waals surface area contributed by atoms with E-state index in [1.807, 2.05) is 25.1 Å². The fourth-order valence-corrected chi connectivity index (χ4v) is 4.73. The number of carbonyl (C=O) groups excluding carboxylic acids is 1. The summed E-state index contributed by atoms with van der Waals surface area (Å²) in [7, 11) is 1.38. The number of esters is 1. The van der Waals surface area contributed by atoms with Crippen molar-refractivity contribution in [2.24, 2.45) is 0 Å². The van der Waals surface area contributed by atoms with E-state index >= 15 is 0 Å². The summed E-state index contributed by atoms with van der Waals surface area (Å²) >= 11 is 0. The number of ether oxygens (including phenoxy) is 1. The van der Waals surface area contributed by atoms with Crippen molar-refractivity contribution >= 4 is 22.9 Å². The molecule has 0 heterocycles. The Morgan fingerprint density at radius 2 is 1.68 bits per heavy atom. The number of benzene rings is 3. The molecule has 2 N–H and O–H groups in total. The van der Waals surface area contributed by atoms with Crippen molar-refractivity contribution in [1.82, 2.24) is 0 Å². The fourth-order valence-electron chi connectivity index (χ4n) is 4.73. The van der Waals surface area contributed by atoms with Crippen LogP contribution >= 0.6 is 0 Å². The second-order valence-electron chi connectivity index (χ2n) is 9.71. The number of anilines is 2. The maximum atomic E-state index is 11.8. The topological polar surface area (TPSA) is 50.4 Å². The molecule has 4 rings (SSSR count). The van der Waals surface area contributed by atoms with Gasteiger partial charge < -0.3 is 15.6 Å². The van der Waals surface area contributed by atoms with Gasteiger partial charge in [0, 0.05) is 5.56 Å². The number of para-hydroxylation sites is 1. The molecule has 3 aromatic rings. The molecule has 1 aliphatic rings. The second-order valence-corrected chi connectivity index (χ2v) is 9.71. The smallest absolute Gasteiger partial charge is 0.340 e. The fraction of sp³-hybridized carbons (Fsp3) is 0.324. The molecular weight excluding hydrogens is 468 g/mol. The van der Waals surface area contributed by atoms with Gasteiger partial charge in [0.1, 0.15) is 0 Å². The number of allylic oxidation sites excluding steroid dienone is 2. The molecular formula is C34H40N2O2. The van der Waals surface area contributed by atoms with Gasteiger partial charge in [0.15, 0.2) is 0 Å². The summed E-state index contributed by atoms with van der Waals surface area (Å²) in [5, 5.41) is 0. The van der Waals surface area contributed by atoms with Crippen LogP contribution in [0, 0.1) is 19.3 Å². The minimum absolute atomic E-state index is 0.368. The van der Waals surface area contributed by atoms with Crippen LogP contribution in [0.15, 0.2) is 72.8 Å². The molecule has 0 aromatic heterocycles. The van der Waals surface area contributed by atoms with E-state index in [4.69, 9.17) is 11.2 Å². The van der Waals surface area contributed by atoms with Gasteiger partial charge in [-0.1, -0.05) is 74.6 Å². The highest BCUT2D eigenvalue weighted by Crippen LogP contribution is 2.32. The van der Waals surface area contributed by atoms with Crippen LogP contribution in [0.4, 0.5) is 11.4 Å². The van der Waals surface area contributed by atoms with E-state index in [2.05, 4.69) is 79.2 Å². The molecule has 0 amide bonds. The third kappa shape index (κ3) is 8.02. The van der Waals surface area contributed by atoms with Crippen molar-refractivity contribution in [3.8, 4) is 12.3 Å². The number of aryl methyl sites for hydroxylation is 1. The standard InChI is InChI=1S/C20H24N2O2.C14H16/c1-5-8-14(2)16-12-11-15(3)19(13-16)22-21-18-10-7-6-9-17(18)20(23)24-4;1-2-12-8-10-14(11-9-12)13-6-4-3-5-7-13/h6-13,21-22H,5H2,1-4H3;1,8-11,13H,3-7H2/b14-8-;. The van der Waals surface area contributed by atoms with E-state index in [1.165, 1.54) is 55.9 Å². The number of nitrogens with one attached hydrogen (secondary N) is 2. The first-order valence-electron chi connectivity index (χ1n) is 13.5. The highest BCUT2D eigenvalue weighted by atomic mass is 16.5. The number of carbonyl (C=O) groups is 1. The largest absolute Gasteiger partial charge is 0.465 e. The molecule has 0 spiro atoms. The zero-order valence-electron chi connectivity index (χ0n) is 23.1. The number of hydrogen-bond donors (Lipinski definition) is 2. The third-order valence-corrected chi connectivity index (χ3v) is 7.02. The van der Waals surface area contributed by atoms with E-state index in [9.17, 15) is 4.79 Å². The first-order valence-corrected chi connectivity index (χ1v) is 13.5. The van der Waals surface area contributed by atoms with E-state index in [0.717, 1.165) is 29.2 Å². The monoisotopic (exact) mass is 508 g/mol. The Kier molecular flexibility index (Phi) is 11.1. The average molecular weight is 509 g/mol. The number of hydrogen-bond acceptors (Lipinski definition) is 4.